The lowest BCUT2D eigenvalue weighted by molar-refractivity contribution is -0.132. The summed E-state index contributed by atoms with van der Waals surface area (Å²) in [5.74, 6) is -0.731. The van der Waals surface area contributed by atoms with Gasteiger partial charge in [0.1, 0.15) is 23.9 Å². The van der Waals surface area contributed by atoms with Crippen LogP contribution in [0.4, 0.5) is 9.52 Å². The van der Waals surface area contributed by atoms with Crippen LogP contribution in [-0.4, -0.2) is 47.3 Å². The van der Waals surface area contributed by atoms with E-state index < -0.39 is 17.7 Å². The van der Waals surface area contributed by atoms with Gasteiger partial charge in [0.05, 0.1) is 25.3 Å². The molecule has 4 aromatic rings. The van der Waals surface area contributed by atoms with Crippen molar-refractivity contribution in [3.05, 3.63) is 107 Å². The molecule has 1 aliphatic heterocycles. The predicted molar refractivity (Wildman–Crippen MR) is 176 cm³/mol. The summed E-state index contributed by atoms with van der Waals surface area (Å²) in [5.41, 5.74) is 1.18. The third-order valence-electron chi connectivity index (χ3n) is 7.11. The van der Waals surface area contributed by atoms with Gasteiger partial charge >= 0.3 is 5.91 Å². The van der Waals surface area contributed by atoms with Crippen LogP contribution in [0.5, 0.6) is 17.2 Å². The Balaban J connectivity index is 1.54. The molecule has 9 nitrogen and oxygen atoms in total. The van der Waals surface area contributed by atoms with Crippen molar-refractivity contribution in [1.29, 1.82) is 0 Å². The van der Waals surface area contributed by atoms with Gasteiger partial charge in [-0.2, -0.15) is 0 Å². The van der Waals surface area contributed by atoms with E-state index in [1.807, 2.05) is 0 Å². The van der Waals surface area contributed by atoms with E-state index in [-0.39, 0.29) is 28.9 Å². The number of rotatable bonds is 14. The number of hydrogen-bond donors (Lipinski definition) is 1. The van der Waals surface area contributed by atoms with Crippen LogP contribution < -0.4 is 19.1 Å². The number of amides is 1. The highest BCUT2D eigenvalue weighted by Gasteiger charge is 2.48. The predicted octanol–water partition coefficient (Wildman–Crippen LogP) is 7.35. The summed E-state index contributed by atoms with van der Waals surface area (Å²) in [7, 11) is 1.48. The number of unbranched alkanes of at least 4 members (excludes halogenated alkanes) is 1. The molecule has 0 bridgehead atoms. The number of hydrogen-bond acceptors (Lipinski definition) is 10. The SMILES string of the molecule is C=CCOc1ccc([C@@H]2C(=C(O)c3ccc(OCCCC)cc3)C(=O)C(=O)N2c2nnc(SCc3ccccc3F)s2)cc1OC. The first-order valence-electron chi connectivity index (χ1n) is 14.5. The second-order valence-electron chi connectivity index (χ2n) is 10.1. The number of ketones is 1. The molecule has 46 heavy (non-hydrogen) atoms. The van der Waals surface area contributed by atoms with Crippen molar-refractivity contribution in [3.8, 4) is 17.2 Å². The molecule has 1 aliphatic rings. The van der Waals surface area contributed by atoms with E-state index >= 15 is 0 Å². The van der Waals surface area contributed by atoms with Crippen LogP contribution in [0.2, 0.25) is 0 Å². The van der Waals surface area contributed by atoms with Crippen LogP contribution in [0.25, 0.3) is 5.76 Å². The first-order chi connectivity index (χ1) is 22.4. The summed E-state index contributed by atoms with van der Waals surface area (Å²) in [6, 6.07) is 17.0. The minimum atomic E-state index is -1.07. The highest BCUT2D eigenvalue weighted by molar-refractivity contribution is 8.00. The average molecular weight is 662 g/mol. The standard InChI is InChI=1S/C34H32FN3O6S2/c1-4-6-18-43-24-14-11-21(12-15-24)30(39)28-29(22-13-16-26(44-17-5-2)27(19-22)42-3)38(32(41)31(28)40)33-36-37-34(46-33)45-20-23-9-7-8-10-25(23)35/h5,7-16,19,29,39H,2,4,6,17-18,20H2,1,3H3/t29-/m1/s1. The van der Waals surface area contributed by atoms with E-state index in [2.05, 4.69) is 23.7 Å². The summed E-state index contributed by atoms with van der Waals surface area (Å²) in [6.45, 7) is 6.54. The maximum atomic E-state index is 14.2. The summed E-state index contributed by atoms with van der Waals surface area (Å²) in [4.78, 5) is 28.5. The number of ether oxygens (including phenoxy) is 3. The average Bonchev–Trinajstić information content (AvgIpc) is 3.65. The molecule has 2 heterocycles. The van der Waals surface area contributed by atoms with E-state index in [0.29, 0.717) is 50.6 Å². The number of benzene rings is 3. The number of anilines is 1. The van der Waals surface area contributed by atoms with Gasteiger partial charge in [-0.25, -0.2) is 4.39 Å². The molecule has 1 amide bonds. The lowest BCUT2D eigenvalue weighted by Crippen LogP contribution is -2.29. The van der Waals surface area contributed by atoms with E-state index in [1.54, 1.807) is 66.7 Å². The first kappa shape index (κ1) is 32.7. The maximum absolute atomic E-state index is 14.2. The van der Waals surface area contributed by atoms with Gasteiger partial charge in [0, 0.05) is 11.3 Å². The van der Waals surface area contributed by atoms with E-state index in [9.17, 15) is 19.1 Å². The zero-order valence-corrected chi connectivity index (χ0v) is 26.9. The molecule has 0 radical (unpaired) electrons. The number of aliphatic hydroxyl groups is 1. The van der Waals surface area contributed by atoms with Gasteiger partial charge in [-0.05, 0) is 60.0 Å². The maximum Gasteiger partial charge on any atom is 0.301 e. The van der Waals surface area contributed by atoms with Crippen molar-refractivity contribution >= 4 is 45.7 Å². The number of aromatic nitrogens is 2. The third-order valence-corrected chi connectivity index (χ3v) is 9.21. The summed E-state index contributed by atoms with van der Waals surface area (Å²) >= 11 is 2.35. The van der Waals surface area contributed by atoms with Gasteiger partial charge in [0.15, 0.2) is 15.8 Å². The molecular formula is C34H32FN3O6S2. The van der Waals surface area contributed by atoms with Crippen molar-refractivity contribution in [1.82, 2.24) is 10.2 Å². The Morgan fingerprint density at radius 1 is 1.09 bits per heavy atom. The number of methoxy groups -OCH3 is 1. The Morgan fingerprint density at radius 2 is 1.87 bits per heavy atom. The van der Waals surface area contributed by atoms with Crippen LogP contribution in [0.3, 0.4) is 0 Å². The lowest BCUT2D eigenvalue weighted by Gasteiger charge is -2.23. The number of carbonyl (C=O) groups is 2. The van der Waals surface area contributed by atoms with E-state index in [4.69, 9.17) is 14.2 Å². The summed E-state index contributed by atoms with van der Waals surface area (Å²) in [6.07, 6.45) is 3.49. The molecule has 1 saturated heterocycles. The Hall–Kier alpha value is -4.68. The fourth-order valence-corrected chi connectivity index (χ4v) is 6.63. The summed E-state index contributed by atoms with van der Waals surface area (Å²) < 4.78 is 31.7. The van der Waals surface area contributed by atoms with E-state index in [1.165, 1.54) is 29.8 Å². The molecule has 0 spiro atoms. The number of halogens is 1. The van der Waals surface area contributed by atoms with Crippen LogP contribution >= 0.6 is 23.1 Å². The van der Waals surface area contributed by atoms with Crippen LogP contribution in [-0.2, 0) is 15.3 Å². The van der Waals surface area contributed by atoms with Gasteiger partial charge in [0.25, 0.3) is 5.78 Å². The van der Waals surface area contributed by atoms with Crippen molar-refractivity contribution in [2.45, 2.75) is 35.9 Å². The minimum Gasteiger partial charge on any atom is -0.507 e. The monoisotopic (exact) mass is 661 g/mol. The zero-order chi connectivity index (χ0) is 32.6. The molecule has 3 aromatic carbocycles. The second-order valence-corrected chi connectivity index (χ2v) is 12.3. The number of Topliss-reactive ketones (excluding diaryl/α,β-unsaturated/α-hetero) is 1. The first-order valence-corrected chi connectivity index (χ1v) is 16.3. The highest BCUT2D eigenvalue weighted by atomic mass is 32.2. The minimum absolute atomic E-state index is 0.123. The van der Waals surface area contributed by atoms with Crippen molar-refractivity contribution in [3.63, 3.8) is 0 Å². The molecule has 12 heteroatoms. The van der Waals surface area contributed by atoms with Gasteiger partial charge in [-0.1, -0.05) is 73.4 Å². The largest absolute Gasteiger partial charge is 0.507 e. The number of nitrogens with zero attached hydrogens (tertiary/aromatic N) is 3. The molecule has 0 unspecified atom stereocenters. The fraction of sp³-hybridized carbons (Fsp3) is 0.235. The highest BCUT2D eigenvalue weighted by Crippen LogP contribution is 2.45. The fourth-order valence-electron chi connectivity index (χ4n) is 4.78. The van der Waals surface area contributed by atoms with Gasteiger partial charge < -0.3 is 19.3 Å². The lowest BCUT2D eigenvalue weighted by atomic mass is 9.95. The smallest absolute Gasteiger partial charge is 0.301 e. The molecule has 5 rings (SSSR count). The Labute approximate surface area is 274 Å². The normalized spacial score (nSPS) is 15.6. The van der Waals surface area contributed by atoms with Crippen molar-refractivity contribution in [2.75, 3.05) is 25.2 Å². The Kier molecular flexibility index (Phi) is 10.7. The molecule has 1 aromatic heterocycles. The Morgan fingerprint density at radius 3 is 2.59 bits per heavy atom. The number of aliphatic hydroxyl groups excluding tert-OH is 1. The third kappa shape index (κ3) is 7.08. The van der Waals surface area contributed by atoms with Crippen LogP contribution in [0.1, 0.15) is 42.5 Å². The molecule has 238 valence electrons. The summed E-state index contributed by atoms with van der Waals surface area (Å²) in [5, 5.41) is 20.1. The zero-order valence-electron chi connectivity index (χ0n) is 25.3. The topological polar surface area (TPSA) is 111 Å². The van der Waals surface area contributed by atoms with Crippen molar-refractivity contribution in [2.24, 2.45) is 0 Å². The number of thioether (sulfide) groups is 1. The van der Waals surface area contributed by atoms with Gasteiger partial charge in [-0.15, -0.1) is 10.2 Å². The van der Waals surface area contributed by atoms with Crippen LogP contribution in [0.15, 0.2) is 89.3 Å². The molecule has 1 N–H and O–H groups in total. The molecule has 1 fully saturated rings. The van der Waals surface area contributed by atoms with Crippen LogP contribution in [0, 0.1) is 5.82 Å². The van der Waals surface area contributed by atoms with Gasteiger partial charge in [-0.3, -0.25) is 14.5 Å². The quantitative estimate of drug-likeness (QED) is 0.0282. The molecule has 0 aliphatic carbocycles. The van der Waals surface area contributed by atoms with Crippen molar-refractivity contribution < 1.29 is 33.3 Å². The Bertz CT molecular complexity index is 1760. The van der Waals surface area contributed by atoms with Gasteiger partial charge in [0.2, 0.25) is 5.13 Å². The number of carbonyl (C=O) groups excluding carboxylic acids is 2. The van der Waals surface area contributed by atoms with E-state index in [0.717, 1.165) is 24.2 Å². The second kappa shape index (κ2) is 15.1. The molecule has 0 saturated carbocycles. The molecular weight excluding hydrogens is 630 g/mol. The molecule has 1 atom stereocenters.